The Kier molecular flexibility index (Phi) is 6.61. The summed E-state index contributed by atoms with van der Waals surface area (Å²) in [5.41, 5.74) is 0. The number of carbonyl (C=O) groups excluding carboxylic acids is 1. The van der Waals surface area contributed by atoms with Crippen molar-refractivity contribution in [1.29, 1.82) is 0 Å². The molecule has 0 aromatic rings. The van der Waals surface area contributed by atoms with E-state index >= 15 is 0 Å². The zero-order valence-electron chi connectivity index (χ0n) is 12.5. The third-order valence-electron chi connectivity index (χ3n) is 5.04. The molecule has 0 spiro atoms. The van der Waals surface area contributed by atoms with Crippen LogP contribution in [0.25, 0.3) is 0 Å². The molecular formula is C15H29ClN2O. The molecule has 2 fully saturated rings. The SMILES string of the molecule is CCC(C)C1CCCCN1C(=O)C(C)C1CNC1.Cl. The van der Waals surface area contributed by atoms with E-state index in [0.717, 1.165) is 19.6 Å². The highest BCUT2D eigenvalue weighted by Crippen LogP contribution is 2.28. The molecule has 0 aliphatic carbocycles. The fraction of sp³-hybridized carbons (Fsp3) is 0.933. The zero-order valence-corrected chi connectivity index (χ0v) is 13.3. The van der Waals surface area contributed by atoms with E-state index in [4.69, 9.17) is 0 Å². The number of nitrogens with one attached hydrogen (secondary N) is 1. The van der Waals surface area contributed by atoms with Crippen LogP contribution in [-0.2, 0) is 4.79 Å². The quantitative estimate of drug-likeness (QED) is 0.863. The second kappa shape index (κ2) is 7.49. The van der Waals surface area contributed by atoms with Crippen molar-refractivity contribution in [2.75, 3.05) is 19.6 Å². The lowest BCUT2D eigenvalue weighted by molar-refractivity contribution is -0.142. The Labute approximate surface area is 123 Å². The van der Waals surface area contributed by atoms with Crippen molar-refractivity contribution in [2.45, 2.75) is 52.5 Å². The fourth-order valence-electron chi connectivity index (χ4n) is 3.22. The predicted molar refractivity (Wildman–Crippen MR) is 81.6 cm³/mol. The number of hydrogen-bond acceptors (Lipinski definition) is 2. The molecule has 3 nitrogen and oxygen atoms in total. The van der Waals surface area contributed by atoms with Crippen molar-refractivity contribution in [3.05, 3.63) is 0 Å². The molecule has 4 heteroatoms. The third kappa shape index (κ3) is 3.63. The van der Waals surface area contributed by atoms with E-state index in [-0.39, 0.29) is 18.3 Å². The van der Waals surface area contributed by atoms with Gasteiger partial charge in [-0.2, -0.15) is 0 Å². The summed E-state index contributed by atoms with van der Waals surface area (Å²) in [7, 11) is 0. The van der Waals surface area contributed by atoms with E-state index in [1.54, 1.807) is 0 Å². The van der Waals surface area contributed by atoms with Crippen LogP contribution in [0.15, 0.2) is 0 Å². The number of carbonyl (C=O) groups is 1. The second-order valence-electron chi connectivity index (χ2n) is 6.19. The van der Waals surface area contributed by atoms with Crippen molar-refractivity contribution in [3.8, 4) is 0 Å². The minimum absolute atomic E-state index is 0. The van der Waals surface area contributed by atoms with E-state index in [1.165, 1.54) is 25.7 Å². The van der Waals surface area contributed by atoms with E-state index < -0.39 is 0 Å². The van der Waals surface area contributed by atoms with Gasteiger partial charge in [-0.1, -0.05) is 27.2 Å². The largest absolute Gasteiger partial charge is 0.339 e. The molecule has 3 unspecified atom stereocenters. The first-order valence-corrected chi connectivity index (χ1v) is 7.66. The molecule has 1 amide bonds. The molecule has 2 aliphatic rings. The maximum absolute atomic E-state index is 12.7. The molecule has 2 heterocycles. The van der Waals surface area contributed by atoms with E-state index in [0.29, 0.717) is 23.8 Å². The summed E-state index contributed by atoms with van der Waals surface area (Å²) in [4.78, 5) is 14.9. The van der Waals surface area contributed by atoms with Crippen molar-refractivity contribution in [2.24, 2.45) is 17.8 Å². The number of rotatable bonds is 4. The lowest BCUT2D eigenvalue weighted by atomic mass is 9.84. The molecular weight excluding hydrogens is 260 g/mol. The molecule has 112 valence electrons. The zero-order chi connectivity index (χ0) is 13.1. The van der Waals surface area contributed by atoms with Gasteiger partial charge in [0.15, 0.2) is 0 Å². The first-order valence-electron chi connectivity index (χ1n) is 7.66. The summed E-state index contributed by atoms with van der Waals surface area (Å²) in [6.45, 7) is 9.69. The number of likely N-dealkylation sites (tertiary alicyclic amines) is 1. The Hall–Kier alpha value is -0.280. The van der Waals surface area contributed by atoms with Gasteiger partial charge in [-0.25, -0.2) is 0 Å². The third-order valence-corrected chi connectivity index (χ3v) is 5.04. The average Bonchev–Trinajstić information content (AvgIpc) is 2.34. The van der Waals surface area contributed by atoms with Crippen LogP contribution in [0.4, 0.5) is 0 Å². The van der Waals surface area contributed by atoms with E-state index in [9.17, 15) is 4.79 Å². The number of amides is 1. The first-order chi connectivity index (χ1) is 8.65. The number of hydrogen-bond donors (Lipinski definition) is 1. The van der Waals surface area contributed by atoms with Crippen LogP contribution in [0.3, 0.4) is 0 Å². The van der Waals surface area contributed by atoms with Gasteiger partial charge in [-0.05, 0) is 44.2 Å². The van der Waals surface area contributed by atoms with Gasteiger partial charge in [0.05, 0.1) is 0 Å². The van der Waals surface area contributed by atoms with Gasteiger partial charge in [-0.3, -0.25) is 4.79 Å². The van der Waals surface area contributed by atoms with Crippen LogP contribution in [-0.4, -0.2) is 36.5 Å². The molecule has 2 rings (SSSR count). The van der Waals surface area contributed by atoms with Crippen molar-refractivity contribution < 1.29 is 4.79 Å². The summed E-state index contributed by atoms with van der Waals surface area (Å²) >= 11 is 0. The molecule has 0 aromatic heterocycles. The molecule has 0 saturated carbocycles. The molecule has 19 heavy (non-hydrogen) atoms. The van der Waals surface area contributed by atoms with Gasteiger partial charge in [0, 0.05) is 18.5 Å². The standard InChI is InChI=1S/C15H28N2O.ClH/c1-4-11(2)14-7-5-6-8-17(14)15(18)12(3)13-9-16-10-13;/h11-14,16H,4-10H2,1-3H3;1H. The van der Waals surface area contributed by atoms with Crippen LogP contribution >= 0.6 is 12.4 Å². The maximum Gasteiger partial charge on any atom is 0.226 e. The summed E-state index contributed by atoms with van der Waals surface area (Å²) < 4.78 is 0. The van der Waals surface area contributed by atoms with Crippen LogP contribution in [0.5, 0.6) is 0 Å². The lowest BCUT2D eigenvalue weighted by Gasteiger charge is -2.42. The summed E-state index contributed by atoms with van der Waals surface area (Å²) in [5, 5.41) is 3.27. The predicted octanol–water partition coefficient (Wildman–Crippen LogP) is 2.69. The van der Waals surface area contributed by atoms with Crippen LogP contribution in [0.1, 0.15) is 46.5 Å². The Bertz CT molecular complexity index is 294. The van der Waals surface area contributed by atoms with Crippen LogP contribution in [0, 0.1) is 17.8 Å². The maximum atomic E-state index is 12.7. The van der Waals surface area contributed by atoms with Gasteiger partial charge in [0.25, 0.3) is 0 Å². The average molecular weight is 289 g/mol. The Morgan fingerprint density at radius 2 is 2.00 bits per heavy atom. The number of piperidine rings is 1. The highest BCUT2D eigenvalue weighted by molar-refractivity contribution is 5.85. The Morgan fingerprint density at radius 1 is 1.32 bits per heavy atom. The van der Waals surface area contributed by atoms with Crippen LogP contribution in [0.2, 0.25) is 0 Å². The van der Waals surface area contributed by atoms with Gasteiger partial charge in [0.2, 0.25) is 5.91 Å². The molecule has 2 aliphatic heterocycles. The van der Waals surface area contributed by atoms with Gasteiger partial charge < -0.3 is 10.2 Å². The lowest BCUT2D eigenvalue weighted by Crippen LogP contribution is -2.54. The Morgan fingerprint density at radius 3 is 2.53 bits per heavy atom. The second-order valence-corrected chi connectivity index (χ2v) is 6.19. The van der Waals surface area contributed by atoms with Gasteiger partial charge in [0.1, 0.15) is 0 Å². The van der Waals surface area contributed by atoms with E-state index in [2.05, 4.69) is 31.0 Å². The number of nitrogens with zero attached hydrogens (tertiary/aromatic N) is 1. The summed E-state index contributed by atoms with van der Waals surface area (Å²) in [6, 6.07) is 0.492. The van der Waals surface area contributed by atoms with Gasteiger partial charge in [-0.15, -0.1) is 12.4 Å². The minimum Gasteiger partial charge on any atom is -0.339 e. The van der Waals surface area contributed by atoms with Gasteiger partial charge >= 0.3 is 0 Å². The molecule has 3 atom stereocenters. The monoisotopic (exact) mass is 288 g/mol. The molecule has 0 bridgehead atoms. The van der Waals surface area contributed by atoms with Crippen LogP contribution < -0.4 is 5.32 Å². The van der Waals surface area contributed by atoms with Crippen molar-refractivity contribution in [3.63, 3.8) is 0 Å². The Balaban J connectivity index is 0.00000180. The van der Waals surface area contributed by atoms with E-state index in [1.807, 2.05) is 0 Å². The summed E-state index contributed by atoms with van der Waals surface area (Å²) in [5.74, 6) is 1.82. The molecule has 0 radical (unpaired) electrons. The smallest absolute Gasteiger partial charge is 0.226 e. The molecule has 1 N–H and O–H groups in total. The molecule has 0 aromatic carbocycles. The highest BCUT2D eigenvalue weighted by Gasteiger charge is 2.36. The normalized spacial score (nSPS) is 27.1. The first kappa shape index (κ1) is 16.8. The fourth-order valence-corrected chi connectivity index (χ4v) is 3.22. The molecule has 2 saturated heterocycles. The topological polar surface area (TPSA) is 32.3 Å². The number of halogens is 1. The van der Waals surface area contributed by atoms with Crippen molar-refractivity contribution in [1.82, 2.24) is 10.2 Å². The minimum atomic E-state index is 0. The van der Waals surface area contributed by atoms with Crippen molar-refractivity contribution >= 4 is 18.3 Å². The highest BCUT2D eigenvalue weighted by atomic mass is 35.5. The summed E-state index contributed by atoms with van der Waals surface area (Å²) in [6.07, 6.45) is 4.86.